The summed E-state index contributed by atoms with van der Waals surface area (Å²) in [6.45, 7) is 2.58. The van der Waals surface area contributed by atoms with Crippen LogP contribution >= 0.6 is 0 Å². The zero-order chi connectivity index (χ0) is 18.1. The summed E-state index contributed by atoms with van der Waals surface area (Å²) >= 11 is 0. The number of para-hydroxylation sites is 3. The Bertz CT molecular complexity index is 807. The van der Waals surface area contributed by atoms with Gasteiger partial charge in [0.2, 0.25) is 0 Å². The monoisotopic (exact) mass is 336 g/mol. The third-order valence-corrected chi connectivity index (χ3v) is 3.40. The van der Waals surface area contributed by atoms with Gasteiger partial charge in [-0.3, -0.25) is 4.79 Å². The molecular weight excluding hydrogens is 316 g/mol. The molecule has 1 amide bonds. The highest BCUT2D eigenvalue weighted by Gasteiger charge is 2.13. The van der Waals surface area contributed by atoms with Gasteiger partial charge in [0.15, 0.2) is 0 Å². The van der Waals surface area contributed by atoms with Gasteiger partial charge in [0.05, 0.1) is 19.4 Å². The minimum absolute atomic E-state index is 0.0153. The topological polar surface area (TPSA) is 71.3 Å². The first-order valence-corrected chi connectivity index (χ1v) is 7.97. The van der Waals surface area contributed by atoms with Gasteiger partial charge < -0.3 is 14.8 Å². The molecule has 5 nitrogen and oxygen atoms in total. The number of carbonyl (C=O) groups excluding carboxylic acids is 1. The molecule has 0 saturated carbocycles. The van der Waals surface area contributed by atoms with E-state index in [0.717, 1.165) is 6.42 Å². The summed E-state index contributed by atoms with van der Waals surface area (Å²) in [5.74, 6) is 0.666. The van der Waals surface area contributed by atoms with Crippen LogP contribution < -0.4 is 14.8 Å². The molecule has 0 heterocycles. The van der Waals surface area contributed by atoms with Crippen molar-refractivity contribution in [2.45, 2.75) is 13.3 Å². The number of benzene rings is 2. The number of hydrogen-bond donors (Lipinski definition) is 1. The minimum atomic E-state index is -0.503. The van der Waals surface area contributed by atoms with Crippen molar-refractivity contribution in [1.29, 1.82) is 5.26 Å². The van der Waals surface area contributed by atoms with Crippen molar-refractivity contribution in [1.82, 2.24) is 0 Å². The van der Waals surface area contributed by atoms with E-state index in [4.69, 9.17) is 9.47 Å². The highest BCUT2D eigenvalue weighted by Crippen LogP contribution is 2.25. The Labute approximate surface area is 147 Å². The lowest BCUT2D eigenvalue weighted by molar-refractivity contribution is -0.112. The number of hydrogen-bond acceptors (Lipinski definition) is 4. The molecule has 0 spiro atoms. The van der Waals surface area contributed by atoms with E-state index in [9.17, 15) is 10.1 Å². The summed E-state index contributed by atoms with van der Waals surface area (Å²) in [4.78, 5) is 12.4. The summed E-state index contributed by atoms with van der Waals surface area (Å²) in [6.07, 6.45) is 2.40. The molecular formula is C20H20N2O3. The fourth-order valence-electron chi connectivity index (χ4n) is 2.18. The molecule has 0 bridgehead atoms. The van der Waals surface area contributed by atoms with E-state index in [1.54, 1.807) is 30.3 Å². The molecule has 0 radical (unpaired) electrons. The molecule has 128 valence electrons. The van der Waals surface area contributed by atoms with Gasteiger partial charge in [-0.1, -0.05) is 37.3 Å². The van der Waals surface area contributed by atoms with Crippen LogP contribution in [0.1, 0.15) is 18.9 Å². The fraction of sp³-hybridized carbons (Fsp3) is 0.200. The van der Waals surface area contributed by atoms with E-state index in [2.05, 4.69) is 5.32 Å². The van der Waals surface area contributed by atoms with Crippen LogP contribution in [0.4, 0.5) is 5.69 Å². The molecule has 0 aliphatic heterocycles. The molecule has 0 aliphatic carbocycles. The number of amides is 1. The van der Waals surface area contributed by atoms with Crippen LogP contribution in [-0.2, 0) is 4.79 Å². The van der Waals surface area contributed by atoms with Gasteiger partial charge in [-0.05, 0) is 30.7 Å². The summed E-state index contributed by atoms with van der Waals surface area (Å²) in [6, 6.07) is 16.3. The highest BCUT2D eigenvalue weighted by atomic mass is 16.5. The fourth-order valence-corrected chi connectivity index (χ4v) is 2.18. The van der Waals surface area contributed by atoms with Crippen LogP contribution in [0, 0.1) is 11.3 Å². The van der Waals surface area contributed by atoms with Crippen LogP contribution in [0.15, 0.2) is 54.1 Å². The smallest absolute Gasteiger partial charge is 0.266 e. The van der Waals surface area contributed by atoms with Crippen molar-refractivity contribution in [3.63, 3.8) is 0 Å². The molecule has 2 aromatic rings. The van der Waals surface area contributed by atoms with E-state index >= 15 is 0 Å². The van der Waals surface area contributed by atoms with Crippen LogP contribution in [0.2, 0.25) is 0 Å². The maximum atomic E-state index is 12.4. The average Bonchev–Trinajstić information content (AvgIpc) is 2.65. The van der Waals surface area contributed by atoms with Crippen LogP contribution in [-0.4, -0.2) is 19.6 Å². The largest absolute Gasteiger partial charge is 0.495 e. The van der Waals surface area contributed by atoms with Crippen LogP contribution in [0.5, 0.6) is 11.5 Å². The summed E-state index contributed by atoms with van der Waals surface area (Å²) in [5.41, 5.74) is 1.17. The second-order valence-electron chi connectivity index (χ2n) is 5.21. The van der Waals surface area contributed by atoms with Gasteiger partial charge in [0, 0.05) is 5.56 Å². The first-order chi connectivity index (χ1) is 12.2. The third kappa shape index (κ3) is 4.85. The Kier molecular flexibility index (Phi) is 6.61. The lowest BCUT2D eigenvalue weighted by Crippen LogP contribution is -2.14. The predicted molar refractivity (Wildman–Crippen MR) is 97.4 cm³/mol. The van der Waals surface area contributed by atoms with Crippen LogP contribution in [0.25, 0.3) is 6.08 Å². The molecule has 0 atom stereocenters. The first-order valence-electron chi connectivity index (χ1n) is 7.97. The molecule has 0 aromatic heterocycles. The Morgan fingerprint density at radius 2 is 1.84 bits per heavy atom. The van der Waals surface area contributed by atoms with Gasteiger partial charge in [0.25, 0.3) is 5.91 Å². The number of nitrogens with zero attached hydrogens (tertiary/aromatic N) is 1. The molecule has 0 saturated heterocycles. The van der Waals surface area contributed by atoms with Gasteiger partial charge in [0.1, 0.15) is 23.1 Å². The number of anilines is 1. The number of nitrogens with one attached hydrogen (secondary N) is 1. The van der Waals surface area contributed by atoms with E-state index in [1.807, 2.05) is 31.2 Å². The number of rotatable bonds is 7. The molecule has 0 aliphatic rings. The third-order valence-electron chi connectivity index (χ3n) is 3.40. The average molecular weight is 336 g/mol. The number of ether oxygens (including phenoxy) is 2. The number of methoxy groups -OCH3 is 1. The maximum Gasteiger partial charge on any atom is 0.266 e. The van der Waals surface area contributed by atoms with Crippen LogP contribution in [0.3, 0.4) is 0 Å². The van der Waals surface area contributed by atoms with Gasteiger partial charge in [-0.25, -0.2) is 0 Å². The summed E-state index contributed by atoms with van der Waals surface area (Å²) < 4.78 is 10.9. The Morgan fingerprint density at radius 3 is 2.52 bits per heavy atom. The molecule has 0 unspecified atom stereocenters. The number of carbonyl (C=O) groups is 1. The van der Waals surface area contributed by atoms with Gasteiger partial charge >= 0.3 is 0 Å². The molecule has 5 heteroatoms. The second kappa shape index (κ2) is 9.14. The van der Waals surface area contributed by atoms with Crippen molar-refractivity contribution in [3.05, 3.63) is 59.7 Å². The summed E-state index contributed by atoms with van der Waals surface area (Å²) in [7, 11) is 1.52. The zero-order valence-electron chi connectivity index (χ0n) is 14.3. The molecule has 2 rings (SSSR count). The van der Waals surface area contributed by atoms with E-state index in [0.29, 0.717) is 29.4 Å². The van der Waals surface area contributed by atoms with Gasteiger partial charge in [-0.15, -0.1) is 0 Å². The highest BCUT2D eigenvalue weighted by molar-refractivity contribution is 6.10. The quantitative estimate of drug-likeness (QED) is 0.612. The lowest BCUT2D eigenvalue weighted by atomic mass is 10.1. The molecule has 0 fully saturated rings. The van der Waals surface area contributed by atoms with E-state index in [1.165, 1.54) is 13.2 Å². The van der Waals surface area contributed by atoms with Crippen molar-refractivity contribution < 1.29 is 14.3 Å². The molecule has 2 aromatic carbocycles. The van der Waals surface area contributed by atoms with Crippen molar-refractivity contribution >= 4 is 17.7 Å². The first kappa shape index (κ1) is 18.1. The zero-order valence-corrected chi connectivity index (χ0v) is 14.3. The van der Waals surface area contributed by atoms with E-state index < -0.39 is 5.91 Å². The van der Waals surface area contributed by atoms with Crippen molar-refractivity contribution in [2.75, 3.05) is 19.0 Å². The SMILES string of the molecule is CCCOc1ccccc1/C=C(\C#N)C(=O)Nc1ccccc1OC. The standard InChI is InChI=1S/C20H20N2O3/c1-3-12-25-18-10-6-4-8-15(18)13-16(14-21)20(23)22-17-9-5-7-11-19(17)24-2/h4-11,13H,3,12H2,1-2H3,(H,22,23)/b16-13+. The predicted octanol–water partition coefficient (Wildman–Crippen LogP) is 4.03. The molecule has 25 heavy (non-hydrogen) atoms. The van der Waals surface area contributed by atoms with E-state index in [-0.39, 0.29) is 5.57 Å². The molecule has 1 N–H and O–H groups in total. The Morgan fingerprint density at radius 1 is 1.16 bits per heavy atom. The van der Waals surface area contributed by atoms with Crippen molar-refractivity contribution in [2.24, 2.45) is 0 Å². The second-order valence-corrected chi connectivity index (χ2v) is 5.21. The Hall–Kier alpha value is -3.26. The summed E-state index contributed by atoms with van der Waals surface area (Å²) in [5, 5.41) is 12.1. The van der Waals surface area contributed by atoms with Gasteiger partial charge in [-0.2, -0.15) is 5.26 Å². The normalized spacial score (nSPS) is 10.7. The lowest BCUT2D eigenvalue weighted by Gasteiger charge is -2.10. The maximum absolute atomic E-state index is 12.4. The Balaban J connectivity index is 2.26. The number of nitriles is 1. The van der Waals surface area contributed by atoms with Crippen molar-refractivity contribution in [3.8, 4) is 17.6 Å². The minimum Gasteiger partial charge on any atom is -0.495 e.